The summed E-state index contributed by atoms with van der Waals surface area (Å²) in [6, 6.07) is 6.61. The lowest BCUT2D eigenvalue weighted by Crippen LogP contribution is -2.27. The maximum atomic E-state index is 12.3. The van der Waals surface area contributed by atoms with Crippen LogP contribution in [0.5, 0.6) is 0 Å². The highest BCUT2D eigenvalue weighted by molar-refractivity contribution is 7.14. The average Bonchev–Trinajstić information content (AvgIpc) is 3.23. The predicted molar refractivity (Wildman–Crippen MR) is 95.0 cm³/mol. The molecule has 1 saturated heterocycles. The van der Waals surface area contributed by atoms with Crippen LogP contribution < -0.4 is 20.9 Å². The van der Waals surface area contributed by atoms with E-state index in [2.05, 4.69) is 20.9 Å². The minimum absolute atomic E-state index is 0.0635. The molecular formula is C16H17N5O3S. The summed E-state index contributed by atoms with van der Waals surface area (Å²) < 4.78 is 0. The summed E-state index contributed by atoms with van der Waals surface area (Å²) in [7, 11) is 1.53. The summed E-state index contributed by atoms with van der Waals surface area (Å²) in [5.41, 5.74) is 1.42. The van der Waals surface area contributed by atoms with Gasteiger partial charge in [-0.25, -0.2) is 9.78 Å². The number of carbonyl (C=O) groups is 3. The molecule has 130 valence electrons. The van der Waals surface area contributed by atoms with Gasteiger partial charge in [0.15, 0.2) is 5.13 Å². The van der Waals surface area contributed by atoms with Crippen LogP contribution in [0.4, 0.5) is 15.6 Å². The topological polar surface area (TPSA) is 103 Å². The van der Waals surface area contributed by atoms with Gasteiger partial charge in [0.25, 0.3) is 5.91 Å². The molecule has 9 heteroatoms. The largest absolute Gasteiger partial charge is 0.355 e. The molecule has 2 heterocycles. The molecule has 1 fully saturated rings. The molecule has 1 aliphatic heterocycles. The van der Waals surface area contributed by atoms with Crippen LogP contribution in [0.1, 0.15) is 16.1 Å². The lowest BCUT2D eigenvalue weighted by atomic mass is 10.1. The highest BCUT2D eigenvalue weighted by Gasteiger charge is 2.24. The van der Waals surface area contributed by atoms with Crippen LogP contribution in [0.2, 0.25) is 0 Å². The van der Waals surface area contributed by atoms with Crippen molar-refractivity contribution in [2.45, 2.75) is 6.42 Å². The van der Waals surface area contributed by atoms with Gasteiger partial charge in [-0.15, -0.1) is 11.3 Å². The van der Waals surface area contributed by atoms with Gasteiger partial charge in [-0.1, -0.05) is 12.1 Å². The van der Waals surface area contributed by atoms with E-state index in [1.54, 1.807) is 34.5 Å². The number of nitrogens with one attached hydrogen (secondary N) is 3. The molecule has 1 aromatic heterocycles. The lowest BCUT2D eigenvalue weighted by Gasteiger charge is -2.10. The normalized spacial score (nSPS) is 13.5. The number of hydrogen-bond acceptors (Lipinski definition) is 5. The van der Waals surface area contributed by atoms with Gasteiger partial charge < -0.3 is 16.0 Å². The Morgan fingerprint density at radius 1 is 1.36 bits per heavy atom. The lowest BCUT2D eigenvalue weighted by molar-refractivity contribution is -0.115. The number of benzene rings is 1. The van der Waals surface area contributed by atoms with Crippen LogP contribution in [0, 0.1) is 0 Å². The number of anilines is 2. The van der Waals surface area contributed by atoms with Crippen molar-refractivity contribution >= 4 is 40.0 Å². The van der Waals surface area contributed by atoms with Gasteiger partial charge in [-0.05, 0) is 12.1 Å². The number of thiazole rings is 1. The zero-order valence-electron chi connectivity index (χ0n) is 13.5. The highest BCUT2D eigenvalue weighted by atomic mass is 32.1. The predicted octanol–water partition coefficient (Wildman–Crippen LogP) is 1.21. The first-order chi connectivity index (χ1) is 12.1. The van der Waals surface area contributed by atoms with Crippen molar-refractivity contribution in [2.24, 2.45) is 0 Å². The van der Waals surface area contributed by atoms with Gasteiger partial charge >= 0.3 is 6.03 Å². The van der Waals surface area contributed by atoms with E-state index in [0.29, 0.717) is 35.2 Å². The number of para-hydroxylation sites is 1. The number of rotatable bonds is 5. The van der Waals surface area contributed by atoms with Gasteiger partial charge in [-0.3, -0.25) is 14.5 Å². The fourth-order valence-electron chi connectivity index (χ4n) is 2.44. The first kappa shape index (κ1) is 16.9. The van der Waals surface area contributed by atoms with Crippen molar-refractivity contribution < 1.29 is 14.4 Å². The van der Waals surface area contributed by atoms with E-state index in [4.69, 9.17) is 0 Å². The third kappa shape index (κ3) is 3.77. The van der Waals surface area contributed by atoms with Crippen LogP contribution in [-0.4, -0.2) is 43.0 Å². The highest BCUT2D eigenvalue weighted by Crippen LogP contribution is 2.22. The molecule has 0 aliphatic carbocycles. The third-order valence-electron chi connectivity index (χ3n) is 3.64. The van der Waals surface area contributed by atoms with Gasteiger partial charge in [0.1, 0.15) is 0 Å². The Kier molecular flexibility index (Phi) is 4.94. The van der Waals surface area contributed by atoms with Crippen molar-refractivity contribution in [3.8, 4) is 0 Å². The Bertz CT molecular complexity index is 820. The van der Waals surface area contributed by atoms with E-state index in [-0.39, 0.29) is 24.3 Å². The summed E-state index contributed by atoms with van der Waals surface area (Å²) in [5.74, 6) is -0.550. The Morgan fingerprint density at radius 3 is 2.88 bits per heavy atom. The molecule has 3 N–H and O–H groups in total. The van der Waals surface area contributed by atoms with E-state index in [9.17, 15) is 14.4 Å². The van der Waals surface area contributed by atoms with E-state index in [1.165, 1.54) is 18.4 Å². The van der Waals surface area contributed by atoms with E-state index in [1.807, 2.05) is 0 Å². The summed E-state index contributed by atoms with van der Waals surface area (Å²) in [4.78, 5) is 41.6. The van der Waals surface area contributed by atoms with E-state index in [0.717, 1.165) is 0 Å². The van der Waals surface area contributed by atoms with Crippen molar-refractivity contribution in [3.63, 3.8) is 0 Å². The Balaban J connectivity index is 1.67. The van der Waals surface area contributed by atoms with Gasteiger partial charge in [0, 0.05) is 25.5 Å². The Hall–Kier alpha value is -2.94. The molecular weight excluding hydrogens is 342 g/mol. The summed E-state index contributed by atoms with van der Waals surface area (Å²) in [6.07, 6.45) is 0.0635. The molecule has 25 heavy (non-hydrogen) atoms. The van der Waals surface area contributed by atoms with Crippen molar-refractivity contribution in [3.05, 3.63) is 40.9 Å². The molecule has 0 radical (unpaired) electrons. The summed E-state index contributed by atoms with van der Waals surface area (Å²) in [5, 5.41) is 10.3. The maximum absolute atomic E-state index is 12.3. The number of urea groups is 1. The number of carbonyl (C=O) groups excluding carboxylic acids is 3. The summed E-state index contributed by atoms with van der Waals surface area (Å²) >= 11 is 1.32. The second-order valence-electron chi connectivity index (χ2n) is 5.35. The molecule has 8 nitrogen and oxygen atoms in total. The molecule has 0 atom stereocenters. The molecule has 0 unspecified atom stereocenters. The van der Waals surface area contributed by atoms with Crippen molar-refractivity contribution in [1.29, 1.82) is 0 Å². The van der Waals surface area contributed by atoms with Crippen LogP contribution in [-0.2, 0) is 11.2 Å². The quantitative estimate of drug-likeness (QED) is 0.746. The molecule has 1 aliphatic rings. The van der Waals surface area contributed by atoms with Gasteiger partial charge in [0.2, 0.25) is 5.91 Å². The number of amides is 4. The smallest absolute Gasteiger partial charge is 0.323 e. The first-order valence-electron chi connectivity index (χ1n) is 7.69. The van der Waals surface area contributed by atoms with Crippen LogP contribution >= 0.6 is 11.3 Å². The Morgan fingerprint density at radius 2 is 2.16 bits per heavy atom. The minimum Gasteiger partial charge on any atom is -0.355 e. The average molecular weight is 359 g/mol. The fourth-order valence-corrected chi connectivity index (χ4v) is 3.29. The number of hydrogen-bond donors (Lipinski definition) is 3. The molecule has 0 spiro atoms. The molecule has 0 saturated carbocycles. The number of aromatic nitrogens is 1. The fraction of sp³-hybridized carbons (Fsp3) is 0.250. The second-order valence-corrected chi connectivity index (χ2v) is 6.19. The van der Waals surface area contributed by atoms with E-state index >= 15 is 0 Å². The standard InChI is InChI=1S/C16H17N5O3S/c1-17-14(23)11-4-2-3-5-12(11)20-13(22)8-10-9-25-16(19-10)21-7-6-18-15(21)24/h2-5,9H,6-8H2,1H3,(H,17,23)(H,18,24)(H,20,22). The van der Waals surface area contributed by atoms with Crippen molar-refractivity contribution in [2.75, 3.05) is 30.4 Å². The van der Waals surface area contributed by atoms with Gasteiger partial charge in [-0.2, -0.15) is 0 Å². The van der Waals surface area contributed by atoms with Crippen LogP contribution in [0.15, 0.2) is 29.6 Å². The second kappa shape index (κ2) is 7.31. The van der Waals surface area contributed by atoms with Crippen molar-refractivity contribution in [1.82, 2.24) is 15.6 Å². The summed E-state index contributed by atoms with van der Waals surface area (Å²) in [6.45, 7) is 1.15. The first-order valence-corrected chi connectivity index (χ1v) is 8.57. The monoisotopic (exact) mass is 359 g/mol. The molecule has 1 aromatic carbocycles. The molecule has 4 amide bonds. The van der Waals surface area contributed by atoms with Crippen LogP contribution in [0.25, 0.3) is 0 Å². The zero-order valence-corrected chi connectivity index (χ0v) is 14.4. The minimum atomic E-state index is -0.279. The van der Waals surface area contributed by atoms with Crippen LogP contribution in [0.3, 0.4) is 0 Å². The Labute approximate surface area is 148 Å². The third-order valence-corrected chi connectivity index (χ3v) is 4.55. The number of nitrogens with zero attached hydrogens (tertiary/aromatic N) is 2. The molecule has 0 bridgehead atoms. The molecule has 3 rings (SSSR count). The SMILES string of the molecule is CNC(=O)c1ccccc1NC(=O)Cc1csc(N2CCNC2=O)n1. The van der Waals surface area contributed by atoms with Gasteiger partial charge in [0.05, 0.1) is 23.4 Å². The van der Waals surface area contributed by atoms with E-state index < -0.39 is 0 Å². The molecule has 2 aromatic rings. The zero-order chi connectivity index (χ0) is 17.8. The maximum Gasteiger partial charge on any atom is 0.323 e.